The van der Waals surface area contributed by atoms with Gasteiger partial charge in [0.1, 0.15) is 18.2 Å². The van der Waals surface area contributed by atoms with Crippen molar-refractivity contribution in [1.82, 2.24) is 5.32 Å². The lowest BCUT2D eigenvalue weighted by atomic mass is 9.74. The average Bonchev–Trinajstić information content (AvgIpc) is 2.78. The van der Waals surface area contributed by atoms with E-state index in [1.165, 1.54) is 12.1 Å². The molecule has 0 saturated carbocycles. The zero-order chi connectivity index (χ0) is 22.0. The maximum absolute atomic E-state index is 13.6. The topological polar surface area (TPSA) is 67.8 Å². The summed E-state index contributed by atoms with van der Waals surface area (Å²) in [6.07, 6.45) is 0.503. The second-order valence-corrected chi connectivity index (χ2v) is 7.32. The van der Waals surface area contributed by atoms with Crippen molar-refractivity contribution in [2.24, 2.45) is 5.92 Å². The van der Waals surface area contributed by atoms with E-state index < -0.39 is 17.6 Å². The van der Waals surface area contributed by atoms with E-state index in [-0.39, 0.29) is 18.5 Å². The zero-order valence-electron chi connectivity index (χ0n) is 17.9. The number of hydrogen-bond acceptors (Lipinski definition) is 4. The fourth-order valence-corrected chi connectivity index (χ4v) is 3.71. The number of halogens is 1. The molecule has 2 N–H and O–H groups in total. The third-order valence-corrected chi connectivity index (χ3v) is 5.52. The van der Waals surface area contributed by atoms with Crippen LogP contribution in [-0.4, -0.2) is 31.5 Å². The number of carbonyl (C=O) groups excluding carboxylic acids is 1. The molecule has 6 heteroatoms. The van der Waals surface area contributed by atoms with Crippen molar-refractivity contribution in [3.05, 3.63) is 71.5 Å². The molecule has 1 amide bonds. The van der Waals surface area contributed by atoms with Crippen LogP contribution in [0.1, 0.15) is 50.3 Å². The largest absolute Gasteiger partial charge is 0.388 e. The van der Waals surface area contributed by atoms with Gasteiger partial charge in [-0.2, -0.15) is 0 Å². The first-order valence-electron chi connectivity index (χ1n) is 10.4. The summed E-state index contributed by atoms with van der Waals surface area (Å²) in [4.78, 5) is 11.8. The molecule has 2 aromatic carbocycles. The van der Waals surface area contributed by atoms with Crippen LogP contribution in [0.4, 0.5) is 4.39 Å². The van der Waals surface area contributed by atoms with E-state index in [9.17, 15) is 14.3 Å². The van der Waals surface area contributed by atoms with E-state index >= 15 is 0 Å². The molecule has 0 aromatic heterocycles. The molecule has 2 rings (SSSR count). The molecule has 5 nitrogen and oxygen atoms in total. The summed E-state index contributed by atoms with van der Waals surface area (Å²) >= 11 is 0. The van der Waals surface area contributed by atoms with Crippen molar-refractivity contribution < 1.29 is 23.8 Å². The third-order valence-electron chi connectivity index (χ3n) is 5.52. The van der Waals surface area contributed by atoms with Crippen LogP contribution in [0.5, 0.6) is 0 Å². The second-order valence-electron chi connectivity index (χ2n) is 7.32. The van der Waals surface area contributed by atoms with E-state index in [2.05, 4.69) is 5.32 Å². The molecule has 30 heavy (non-hydrogen) atoms. The molecular formula is C24H32FNO4. The van der Waals surface area contributed by atoms with Gasteiger partial charge >= 0.3 is 0 Å². The summed E-state index contributed by atoms with van der Waals surface area (Å²) in [6, 6.07) is 15.5. The maximum atomic E-state index is 13.6. The highest BCUT2D eigenvalue weighted by molar-refractivity contribution is 5.75. The van der Waals surface area contributed by atoms with E-state index in [1.54, 1.807) is 19.2 Å². The van der Waals surface area contributed by atoms with E-state index in [0.29, 0.717) is 25.9 Å². The fourth-order valence-electron chi connectivity index (χ4n) is 3.71. The summed E-state index contributed by atoms with van der Waals surface area (Å²) < 4.78 is 25.4. The van der Waals surface area contributed by atoms with Crippen LogP contribution < -0.4 is 5.32 Å². The van der Waals surface area contributed by atoms with E-state index in [1.807, 2.05) is 44.2 Å². The highest BCUT2D eigenvalue weighted by Gasteiger charge is 2.43. The lowest BCUT2D eigenvalue weighted by Gasteiger charge is -2.42. The summed E-state index contributed by atoms with van der Waals surface area (Å²) in [5, 5.41) is 13.8. The highest BCUT2D eigenvalue weighted by atomic mass is 19.1. The van der Waals surface area contributed by atoms with Crippen molar-refractivity contribution in [3.63, 3.8) is 0 Å². The van der Waals surface area contributed by atoms with Crippen molar-refractivity contribution in [2.75, 3.05) is 20.4 Å². The van der Waals surface area contributed by atoms with Gasteiger partial charge in [0.15, 0.2) is 0 Å². The Bertz CT molecular complexity index is 769. The lowest BCUT2D eigenvalue weighted by Crippen LogP contribution is -2.41. The number of nitrogens with one attached hydrogen (secondary N) is 1. The minimum atomic E-state index is -0.966. The van der Waals surface area contributed by atoms with Gasteiger partial charge in [0.25, 0.3) is 0 Å². The van der Waals surface area contributed by atoms with Gasteiger partial charge in [-0.3, -0.25) is 4.79 Å². The zero-order valence-corrected chi connectivity index (χ0v) is 17.9. The van der Waals surface area contributed by atoms with Crippen molar-refractivity contribution in [1.29, 1.82) is 0 Å². The number of aliphatic hydroxyl groups excluding tert-OH is 1. The molecular weight excluding hydrogens is 385 g/mol. The number of aliphatic hydroxyl groups is 1. The Balaban J connectivity index is 2.43. The van der Waals surface area contributed by atoms with Crippen molar-refractivity contribution in [3.8, 4) is 0 Å². The number of carbonyl (C=O) groups is 1. The molecule has 0 unspecified atom stereocenters. The lowest BCUT2D eigenvalue weighted by molar-refractivity contribution is -0.188. The molecule has 0 spiro atoms. The van der Waals surface area contributed by atoms with Crippen molar-refractivity contribution >= 4 is 5.91 Å². The third kappa shape index (κ3) is 6.11. The Kier molecular flexibility index (Phi) is 9.43. The highest BCUT2D eigenvalue weighted by Crippen LogP contribution is 2.44. The average molecular weight is 418 g/mol. The minimum Gasteiger partial charge on any atom is -0.388 e. The van der Waals surface area contributed by atoms with Crippen LogP contribution in [0.2, 0.25) is 0 Å². The fraction of sp³-hybridized carbons (Fsp3) is 0.458. The van der Waals surface area contributed by atoms with Gasteiger partial charge in [-0.05, 0) is 43.0 Å². The van der Waals surface area contributed by atoms with E-state index in [4.69, 9.17) is 9.47 Å². The Labute approximate surface area is 178 Å². The van der Waals surface area contributed by atoms with Crippen LogP contribution >= 0.6 is 0 Å². The molecule has 164 valence electrons. The smallest absolute Gasteiger partial charge is 0.219 e. The van der Waals surface area contributed by atoms with Crippen LogP contribution in [-0.2, 0) is 19.9 Å². The Morgan fingerprint density at radius 1 is 1.17 bits per heavy atom. The quantitative estimate of drug-likeness (QED) is 0.399. The molecule has 0 aliphatic carbocycles. The molecule has 0 saturated heterocycles. The van der Waals surface area contributed by atoms with Gasteiger partial charge in [-0.15, -0.1) is 0 Å². The van der Waals surface area contributed by atoms with Crippen LogP contribution in [0, 0.1) is 11.7 Å². The number of amides is 1. The summed E-state index contributed by atoms with van der Waals surface area (Å²) in [5.41, 5.74) is 0.539. The molecule has 0 aliphatic rings. The Morgan fingerprint density at radius 2 is 1.83 bits per heavy atom. The predicted molar refractivity (Wildman–Crippen MR) is 114 cm³/mol. The van der Waals surface area contributed by atoms with Crippen LogP contribution in [0.15, 0.2) is 54.6 Å². The van der Waals surface area contributed by atoms with Gasteiger partial charge in [0.05, 0.1) is 6.10 Å². The number of rotatable bonds is 12. The van der Waals surface area contributed by atoms with Crippen molar-refractivity contribution in [2.45, 2.75) is 44.8 Å². The van der Waals surface area contributed by atoms with Gasteiger partial charge in [0.2, 0.25) is 5.91 Å². The molecule has 0 fully saturated rings. The summed E-state index contributed by atoms with van der Waals surface area (Å²) in [7, 11) is 1.60. The number of hydrogen-bond donors (Lipinski definition) is 2. The van der Waals surface area contributed by atoms with Crippen LogP contribution in [0.25, 0.3) is 0 Å². The maximum Gasteiger partial charge on any atom is 0.219 e. The molecule has 0 bridgehead atoms. The molecule has 0 heterocycles. The normalized spacial score (nSPS) is 15.2. The Morgan fingerprint density at radius 3 is 2.43 bits per heavy atom. The van der Waals surface area contributed by atoms with Gasteiger partial charge in [-0.25, -0.2) is 4.39 Å². The predicted octanol–water partition coefficient (Wildman–Crippen LogP) is 4.32. The number of benzene rings is 2. The standard InChI is InChI=1S/C24H32FNO4/c1-4-29-17-30-24(16-8-11-22(27)26-3,20-12-14-21(25)15-13-20)18(2)23(28)19-9-6-5-7-10-19/h5-7,9-10,12-15,18,23,28H,4,8,11,16-17H2,1-3H3,(H,26,27)/t18-,23-,24-/m0/s1. The summed E-state index contributed by atoms with van der Waals surface area (Å²) in [6.45, 7) is 4.29. The van der Waals surface area contributed by atoms with Gasteiger partial charge in [0, 0.05) is 26.0 Å². The SMILES string of the molecule is CCOCO[C@](CCCC(=O)NC)(c1ccc(F)cc1)[C@@H](C)[C@H](O)c1ccccc1. The number of ether oxygens (including phenoxy) is 2. The molecule has 0 aliphatic heterocycles. The van der Waals surface area contributed by atoms with Gasteiger partial charge in [-0.1, -0.05) is 49.4 Å². The van der Waals surface area contributed by atoms with Crippen LogP contribution in [0.3, 0.4) is 0 Å². The second kappa shape index (κ2) is 11.8. The molecule has 3 atom stereocenters. The van der Waals surface area contributed by atoms with E-state index in [0.717, 1.165) is 11.1 Å². The summed E-state index contributed by atoms with van der Waals surface area (Å²) in [5.74, 6) is -0.807. The first-order chi connectivity index (χ1) is 14.4. The minimum absolute atomic E-state index is 0.0275. The molecule has 2 aromatic rings. The first-order valence-corrected chi connectivity index (χ1v) is 10.4. The first kappa shape index (κ1) is 24.0. The van der Waals surface area contributed by atoms with Gasteiger partial charge < -0.3 is 19.9 Å². The Hall–Kier alpha value is -2.28. The monoisotopic (exact) mass is 417 g/mol. The molecule has 0 radical (unpaired) electrons.